The van der Waals surface area contributed by atoms with Gasteiger partial charge < -0.3 is 19.9 Å². The van der Waals surface area contributed by atoms with Gasteiger partial charge in [0, 0.05) is 69.9 Å². The molecule has 0 atom stereocenters. The molecule has 0 saturated carbocycles. The molecule has 0 aromatic carbocycles. The summed E-state index contributed by atoms with van der Waals surface area (Å²) in [6, 6.07) is 4.12. The lowest BCUT2D eigenvalue weighted by Crippen LogP contribution is -2.59. The van der Waals surface area contributed by atoms with Crippen LogP contribution in [0.2, 0.25) is 4.34 Å². The van der Waals surface area contributed by atoms with Crippen LogP contribution in [0.1, 0.15) is 17.7 Å². The topological polar surface area (TPSA) is 43.3 Å². The molecule has 3 heterocycles. The summed E-state index contributed by atoms with van der Waals surface area (Å²) in [4.78, 5) is 13.1. The highest BCUT2D eigenvalue weighted by Crippen LogP contribution is 2.25. The molecule has 9 heteroatoms. The maximum atomic E-state index is 6.05. The lowest BCUT2D eigenvalue weighted by molar-refractivity contribution is -0.00535. The first kappa shape index (κ1) is 24.1. The SMILES string of the molecule is CN=C(NCC1(N(C)C)CCOCC1)N1CCN(Cc2ccc(Cl)s2)CC1.I. The molecule has 1 N–H and O–H groups in total. The fourth-order valence-corrected chi connectivity index (χ4v) is 5.01. The average Bonchev–Trinajstić information content (AvgIpc) is 3.09. The first-order valence-electron chi connectivity index (χ1n) is 9.70. The van der Waals surface area contributed by atoms with E-state index in [2.05, 4.69) is 45.2 Å². The monoisotopic (exact) mass is 541 g/mol. The summed E-state index contributed by atoms with van der Waals surface area (Å²) in [5, 5.41) is 3.64. The first-order chi connectivity index (χ1) is 13.0. The molecule has 28 heavy (non-hydrogen) atoms. The van der Waals surface area contributed by atoms with Gasteiger partial charge in [-0.2, -0.15) is 0 Å². The zero-order chi connectivity index (χ0) is 19.3. The Balaban J connectivity index is 0.00000280. The van der Waals surface area contributed by atoms with Crippen LogP contribution in [0, 0.1) is 0 Å². The predicted molar refractivity (Wildman–Crippen MR) is 129 cm³/mol. The van der Waals surface area contributed by atoms with Crippen LogP contribution in [-0.4, -0.2) is 93.3 Å². The minimum atomic E-state index is 0. The summed E-state index contributed by atoms with van der Waals surface area (Å²) in [7, 11) is 6.23. The van der Waals surface area contributed by atoms with E-state index in [0.29, 0.717) is 0 Å². The Bertz CT molecular complexity index is 628. The second-order valence-corrected chi connectivity index (χ2v) is 9.40. The largest absolute Gasteiger partial charge is 0.381 e. The predicted octanol–water partition coefficient (Wildman–Crippen LogP) is 2.82. The third-order valence-corrected chi connectivity index (χ3v) is 7.06. The zero-order valence-corrected chi connectivity index (χ0v) is 21.0. The minimum absolute atomic E-state index is 0. The molecule has 3 rings (SSSR count). The Hall–Kier alpha value is -0.130. The molecular formula is C19H33ClIN5OS. The van der Waals surface area contributed by atoms with Crippen molar-refractivity contribution in [2.24, 2.45) is 4.99 Å². The van der Waals surface area contributed by atoms with Crippen LogP contribution in [0.15, 0.2) is 17.1 Å². The van der Waals surface area contributed by atoms with Crippen molar-refractivity contribution in [3.8, 4) is 0 Å². The fraction of sp³-hybridized carbons (Fsp3) is 0.737. The van der Waals surface area contributed by atoms with E-state index in [1.807, 2.05) is 13.1 Å². The number of thiophene rings is 1. The van der Waals surface area contributed by atoms with Crippen LogP contribution in [0.25, 0.3) is 0 Å². The van der Waals surface area contributed by atoms with Gasteiger partial charge >= 0.3 is 0 Å². The summed E-state index contributed by atoms with van der Waals surface area (Å²) < 4.78 is 6.45. The van der Waals surface area contributed by atoms with Crippen LogP contribution >= 0.6 is 46.9 Å². The quantitative estimate of drug-likeness (QED) is 0.353. The van der Waals surface area contributed by atoms with Gasteiger partial charge in [0.2, 0.25) is 0 Å². The molecule has 2 aliphatic rings. The molecule has 160 valence electrons. The number of guanidine groups is 1. The Morgan fingerprint density at radius 2 is 1.93 bits per heavy atom. The van der Waals surface area contributed by atoms with Gasteiger partial charge in [-0.05, 0) is 39.1 Å². The van der Waals surface area contributed by atoms with Crippen molar-refractivity contribution in [2.75, 3.05) is 67.1 Å². The van der Waals surface area contributed by atoms with E-state index < -0.39 is 0 Å². The van der Waals surface area contributed by atoms with E-state index in [4.69, 9.17) is 16.3 Å². The third-order valence-electron chi connectivity index (χ3n) is 5.84. The number of halogens is 2. The van der Waals surface area contributed by atoms with Crippen LogP contribution in [0.4, 0.5) is 0 Å². The fourth-order valence-electron chi connectivity index (χ4n) is 3.88. The van der Waals surface area contributed by atoms with E-state index in [1.54, 1.807) is 11.3 Å². The molecule has 1 aromatic rings. The molecule has 2 aliphatic heterocycles. The van der Waals surface area contributed by atoms with Gasteiger partial charge in [-0.15, -0.1) is 35.3 Å². The van der Waals surface area contributed by atoms with E-state index in [9.17, 15) is 0 Å². The van der Waals surface area contributed by atoms with Crippen molar-refractivity contribution >= 4 is 52.9 Å². The lowest BCUT2D eigenvalue weighted by Gasteiger charge is -2.44. The minimum Gasteiger partial charge on any atom is -0.381 e. The molecule has 0 spiro atoms. The number of piperazine rings is 1. The van der Waals surface area contributed by atoms with Crippen molar-refractivity contribution in [1.82, 2.24) is 20.0 Å². The number of nitrogens with zero attached hydrogens (tertiary/aromatic N) is 4. The van der Waals surface area contributed by atoms with Crippen LogP contribution in [-0.2, 0) is 11.3 Å². The molecule has 2 saturated heterocycles. The third kappa shape index (κ3) is 6.18. The van der Waals surface area contributed by atoms with Gasteiger partial charge in [0.05, 0.1) is 4.34 Å². The van der Waals surface area contributed by atoms with E-state index >= 15 is 0 Å². The van der Waals surface area contributed by atoms with Gasteiger partial charge in [0.25, 0.3) is 0 Å². The number of hydrogen-bond acceptors (Lipinski definition) is 5. The van der Waals surface area contributed by atoms with E-state index in [1.165, 1.54) is 4.88 Å². The van der Waals surface area contributed by atoms with Gasteiger partial charge in [-0.25, -0.2) is 0 Å². The van der Waals surface area contributed by atoms with Gasteiger partial charge in [-0.1, -0.05) is 11.6 Å². The number of aliphatic imine (C=N–C) groups is 1. The number of likely N-dealkylation sites (N-methyl/N-ethyl adjacent to an activating group) is 1. The summed E-state index contributed by atoms with van der Waals surface area (Å²) >= 11 is 7.73. The molecule has 1 aromatic heterocycles. The Morgan fingerprint density at radius 1 is 1.25 bits per heavy atom. The van der Waals surface area contributed by atoms with Crippen LogP contribution < -0.4 is 5.32 Å². The van der Waals surface area contributed by atoms with Gasteiger partial charge in [0.15, 0.2) is 5.96 Å². The van der Waals surface area contributed by atoms with Gasteiger partial charge in [-0.3, -0.25) is 9.89 Å². The molecular weight excluding hydrogens is 509 g/mol. The van der Waals surface area contributed by atoms with Crippen molar-refractivity contribution in [1.29, 1.82) is 0 Å². The molecule has 0 unspecified atom stereocenters. The van der Waals surface area contributed by atoms with Crippen molar-refractivity contribution in [2.45, 2.75) is 24.9 Å². The van der Waals surface area contributed by atoms with Crippen molar-refractivity contribution < 1.29 is 4.74 Å². The highest BCUT2D eigenvalue weighted by atomic mass is 127. The van der Waals surface area contributed by atoms with Gasteiger partial charge in [0.1, 0.15) is 0 Å². The molecule has 0 aliphatic carbocycles. The Labute approximate surface area is 195 Å². The standard InChI is InChI=1S/C19H32ClN5OS.HI/c1-21-18(22-15-19(23(2)3)6-12-26-13-7-19)25-10-8-24(9-11-25)14-16-4-5-17(20)27-16;/h4-5H,6-15H2,1-3H3,(H,21,22);1H. The average molecular weight is 542 g/mol. The first-order valence-corrected chi connectivity index (χ1v) is 10.9. The second-order valence-electron chi connectivity index (χ2n) is 7.60. The molecule has 0 bridgehead atoms. The number of rotatable bonds is 5. The molecule has 2 fully saturated rings. The number of ether oxygens (including phenoxy) is 1. The smallest absolute Gasteiger partial charge is 0.193 e. The zero-order valence-electron chi connectivity index (χ0n) is 17.1. The molecule has 6 nitrogen and oxygen atoms in total. The van der Waals surface area contributed by atoms with E-state index in [-0.39, 0.29) is 29.5 Å². The second kappa shape index (κ2) is 11.3. The Kier molecular flexibility index (Phi) is 9.75. The maximum Gasteiger partial charge on any atom is 0.193 e. The highest BCUT2D eigenvalue weighted by molar-refractivity contribution is 14.0. The van der Waals surface area contributed by atoms with Crippen molar-refractivity contribution in [3.05, 3.63) is 21.3 Å². The summed E-state index contributed by atoms with van der Waals surface area (Å²) in [5.41, 5.74) is 0.147. The van der Waals surface area contributed by atoms with E-state index in [0.717, 1.165) is 75.6 Å². The van der Waals surface area contributed by atoms with Crippen molar-refractivity contribution in [3.63, 3.8) is 0 Å². The lowest BCUT2D eigenvalue weighted by atomic mass is 9.88. The number of nitrogens with one attached hydrogen (secondary N) is 1. The summed E-state index contributed by atoms with van der Waals surface area (Å²) in [5.74, 6) is 1.02. The molecule has 0 radical (unpaired) electrons. The maximum absolute atomic E-state index is 6.05. The summed E-state index contributed by atoms with van der Waals surface area (Å²) in [6.45, 7) is 7.65. The van der Waals surface area contributed by atoms with Crippen LogP contribution in [0.5, 0.6) is 0 Å². The Morgan fingerprint density at radius 3 is 2.46 bits per heavy atom. The molecule has 0 amide bonds. The normalized spacial score (nSPS) is 20.9. The highest BCUT2D eigenvalue weighted by Gasteiger charge is 2.35. The summed E-state index contributed by atoms with van der Waals surface area (Å²) in [6.07, 6.45) is 2.11. The van der Waals surface area contributed by atoms with Crippen LogP contribution in [0.3, 0.4) is 0 Å². The number of hydrogen-bond donors (Lipinski definition) is 1.